The number of rotatable bonds is 3. The minimum atomic E-state index is -3.37. The van der Waals surface area contributed by atoms with Gasteiger partial charge in [0.2, 0.25) is 0 Å². The maximum Gasteiger partial charge on any atom is 0.280 e. The van der Waals surface area contributed by atoms with E-state index in [1.807, 2.05) is 19.1 Å². The summed E-state index contributed by atoms with van der Waals surface area (Å²) in [6, 6.07) is 5.92. The average Bonchev–Trinajstić information content (AvgIpc) is 2.93. The van der Waals surface area contributed by atoms with Crippen molar-refractivity contribution in [2.24, 2.45) is 11.8 Å². The van der Waals surface area contributed by atoms with Gasteiger partial charge in [0.15, 0.2) is 0 Å². The van der Waals surface area contributed by atoms with Gasteiger partial charge in [0, 0.05) is 18.7 Å². The minimum Gasteiger partial charge on any atom is -0.298 e. The smallest absolute Gasteiger partial charge is 0.280 e. The predicted molar refractivity (Wildman–Crippen MR) is 92.1 cm³/mol. The fourth-order valence-electron chi connectivity index (χ4n) is 5.05. The minimum absolute atomic E-state index is 0.308. The average molecular weight is 348 g/mol. The van der Waals surface area contributed by atoms with Crippen LogP contribution in [0.2, 0.25) is 0 Å². The summed E-state index contributed by atoms with van der Waals surface area (Å²) in [5, 5.41) is 0. The molecule has 24 heavy (non-hydrogen) atoms. The Morgan fingerprint density at radius 2 is 1.96 bits per heavy atom. The van der Waals surface area contributed by atoms with Crippen LogP contribution in [0.3, 0.4) is 0 Å². The van der Waals surface area contributed by atoms with E-state index in [1.54, 1.807) is 4.31 Å². The van der Waals surface area contributed by atoms with Gasteiger partial charge in [0.05, 0.1) is 5.54 Å². The molecule has 0 radical (unpaired) electrons. The van der Waals surface area contributed by atoms with Crippen LogP contribution in [0, 0.1) is 11.8 Å². The largest absolute Gasteiger partial charge is 0.298 e. The van der Waals surface area contributed by atoms with E-state index in [0.717, 1.165) is 38.4 Å². The van der Waals surface area contributed by atoms with E-state index >= 15 is 0 Å². The lowest BCUT2D eigenvalue weighted by atomic mass is 9.79. The molecule has 6 heteroatoms. The van der Waals surface area contributed by atoms with Gasteiger partial charge in [0.25, 0.3) is 10.2 Å². The highest BCUT2D eigenvalue weighted by molar-refractivity contribution is 7.87. The van der Waals surface area contributed by atoms with Gasteiger partial charge < -0.3 is 0 Å². The first-order valence-corrected chi connectivity index (χ1v) is 10.3. The summed E-state index contributed by atoms with van der Waals surface area (Å²) in [6.45, 7) is 3.19. The molecule has 1 aliphatic heterocycles. The highest BCUT2D eigenvalue weighted by atomic mass is 32.2. The molecule has 3 aliphatic rings. The number of carbonyl (C=O) groups is 1. The van der Waals surface area contributed by atoms with E-state index in [2.05, 4.69) is 10.8 Å². The molecule has 5 nitrogen and oxygen atoms in total. The Morgan fingerprint density at radius 1 is 1.25 bits per heavy atom. The molecule has 1 saturated carbocycles. The van der Waals surface area contributed by atoms with Crippen molar-refractivity contribution in [2.45, 2.75) is 44.6 Å². The molecule has 4 rings (SSSR count). The van der Waals surface area contributed by atoms with E-state index in [1.165, 1.54) is 11.1 Å². The molecule has 1 aromatic carbocycles. The van der Waals surface area contributed by atoms with Crippen LogP contribution in [0.15, 0.2) is 18.2 Å². The number of fused-ring (bicyclic) bond motifs is 1. The molecule has 1 spiro atoms. The fraction of sp³-hybridized carbons (Fsp3) is 0.611. The van der Waals surface area contributed by atoms with Crippen molar-refractivity contribution in [3.05, 3.63) is 34.9 Å². The van der Waals surface area contributed by atoms with E-state index in [-0.39, 0.29) is 5.54 Å². The maximum absolute atomic E-state index is 12.6. The van der Waals surface area contributed by atoms with Crippen molar-refractivity contribution in [1.29, 1.82) is 0 Å². The van der Waals surface area contributed by atoms with Gasteiger partial charge in [0.1, 0.15) is 6.29 Å². The van der Waals surface area contributed by atoms with Crippen LogP contribution >= 0.6 is 0 Å². The Bertz CT molecular complexity index is 776. The molecule has 2 bridgehead atoms. The Morgan fingerprint density at radius 3 is 2.62 bits per heavy atom. The zero-order chi connectivity index (χ0) is 16.9. The molecular formula is C18H24N2O3S. The lowest BCUT2D eigenvalue weighted by Gasteiger charge is -2.33. The van der Waals surface area contributed by atoms with Crippen molar-refractivity contribution in [2.75, 3.05) is 13.1 Å². The van der Waals surface area contributed by atoms with Crippen LogP contribution in [0.1, 0.15) is 47.7 Å². The van der Waals surface area contributed by atoms with Crippen LogP contribution in [0.5, 0.6) is 0 Å². The summed E-state index contributed by atoms with van der Waals surface area (Å²) in [5.74, 6) is 0.643. The summed E-state index contributed by atoms with van der Waals surface area (Å²) in [5.41, 5.74) is 2.87. The Balaban J connectivity index is 1.72. The third-order valence-electron chi connectivity index (χ3n) is 6.19. The van der Waals surface area contributed by atoms with E-state index in [9.17, 15) is 13.2 Å². The maximum atomic E-state index is 12.6. The van der Waals surface area contributed by atoms with Crippen LogP contribution < -0.4 is 4.72 Å². The lowest BCUT2D eigenvalue weighted by molar-refractivity contribution is 0.112. The van der Waals surface area contributed by atoms with Crippen molar-refractivity contribution >= 4 is 16.5 Å². The topological polar surface area (TPSA) is 66.5 Å². The molecule has 3 atom stereocenters. The molecule has 130 valence electrons. The van der Waals surface area contributed by atoms with Crippen molar-refractivity contribution in [1.82, 2.24) is 9.03 Å². The summed E-state index contributed by atoms with van der Waals surface area (Å²) < 4.78 is 29.9. The summed E-state index contributed by atoms with van der Waals surface area (Å²) in [4.78, 5) is 11.1. The van der Waals surface area contributed by atoms with Gasteiger partial charge in [-0.25, -0.2) is 0 Å². The van der Waals surface area contributed by atoms with Crippen LogP contribution in [-0.4, -0.2) is 37.6 Å². The van der Waals surface area contributed by atoms with Gasteiger partial charge in [-0.2, -0.15) is 17.4 Å². The van der Waals surface area contributed by atoms with Gasteiger partial charge in [-0.15, -0.1) is 0 Å². The Hall–Kier alpha value is -1.24. The van der Waals surface area contributed by atoms with Gasteiger partial charge in [-0.05, 0) is 61.1 Å². The molecule has 0 unspecified atom stereocenters. The second-order valence-electron chi connectivity index (χ2n) is 7.51. The quantitative estimate of drug-likeness (QED) is 0.849. The van der Waals surface area contributed by atoms with Gasteiger partial charge >= 0.3 is 0 Å². The first-order valence-electron chi connectivity index (χ1n) is 8.84. The molecule has 1 N–H and O–H groups in total. The monoisotopic (exact) mass is 348 g/mol. The Labute approximate surface area is 143 Å². The first-order chi connectivity index (χ1) is 11.5. The van der Waals surface area contributed by atoms with Crippen molar-refractivity contribution in [3.63, 3.8) is 0 Å². The highest BCUT2D eigenvalue weighted by Gasteiger charge is 2.59. The molecule has 2 aliphatic carbocycles. The lowest BCUT2D eigenvalue weighted by Crippen LogP contribution is -2.52. The standard InChI is InChI=1S/C18H24N2O3S/c1-2-7-20-12-18(19-24(20,22)23)16-5-6-17(18)10-15-8-13(11-21)3-4-14(15)9-16/h3-4,8,11,16-17,19H,2,5-7,9-10,12H2,1H3/t16-,17+,18-/m1/s1. The molecular weight excluding hydrogens is 324 g/mol. The van der Waals surface area contributed by atoms with Crippen molar-refractivity contribution < 1.29 is 13.2 Å². The summed E-state index contributed by atoms with van der Waals surface area (Å²) >= 11 is 0. The second kappa shape index (κ2) is 5.64. The third-order valence-corrected chi connectivity index (χ3v) is 7.82. The number of benzene rings is 1. The summed E-state index contributed by atoms with van der Waals surface area (Å²) in [6.07, 6.45) is 5.60. The molecule has 1 aromatic rings. The molecule has 0 aromatic heterocycles. The van der Waals surface area contributed by atoms with Crippen LogP contribution in [0.4, 0.5) is 0 Å². The Kier molecular flexibility index (Phi) is 3.82. The summed E-state index contributed by atoms with van der Waals surface area (Å²) in [7, 11) is -3.37. The van der Waals surface area contributed by atoms with Gasteiger partial charge in [-0.1, -0.05) is 19.1 Å². The zero-order valence-corrected chi connectivity index (χ0v) is 14.8. The predicted octanol–water partition coefficient (Wildman–Crippen LogP) is 1.92. The van der Waals surface area contributed by atoms with Crippen LogP contribution in [0.25, 0.3) is 0 Å². The number of nitrogens with zero attached hydrogens (tertiary/aromatic N) is 1. The number of hydrogen-bond donors (Lipinski definition) is 1. The molecule has 2 fully saturated rings. The highest BCUT2D eigenvalue weighted by Crippen LogP contribution is 2.50. The SMILES string of the molecule is CCCN1C[C@@]2(NS1(=O)=O)[C@@H]1CC[C@H]2Cc2cc(C=O)ccc2C1. The van der Waals surface area contributed by atoms with Gasteiger partial charge in [-0.3, -0.25) is 4.79 Å². The van der Waals surface area contributed by atoms with Crippen LogP contribution in [-0.2, 0) is 23.1 Å². The normalized spacial score (nSPS) is 34.2. The number of nitrogens with one attached hydrogen (secondary N) is 1. The van der Waals surface area contributed by atoms with E-state index in [4.69, 9.17) is 0 Å². The number of carbonyl (C=O) groups excluding carboxylic acids is 1. The first kappa shape index (κ1) is 16.2. The molecule has 0 amide bonds. The zero-order valence-electron chi connectivity index (χ0n) is 14.0. The van der Waals surface area contributed by atoms with Crippen molar-refractivity contribution in [3.8, 4) is 0 Å². The van der Waals surface area contributed by atoms with E-state index < -0.39 is 10.2 Å². The number of hydrogen-bond acceptors (Lipinski definition) is 3. The fourth-order valence-corrected chi connectivity index (χ4v) is 6.86. The number of aldehydes is 1. The molecule has 1 saturated heterocycles. The third kappa shape index (κ3) is 2.35. The molecule has 1 heterocycles. The second-order valence-corrected chi connectivity index (χ2v) is 9.18. The van der Waals surface area contributed by atoms with E-state index in [0.29, 0.717) is 30.5 Å².